The Bertz CT molecular complexity index is 627. The SMILES string of the molecule is CC(=O)[C@H]1[C@H](C(=O)OC(C)(C)C)[C@@H]1[C@@H]1COC(C)(C)N1C(=O)OC(C)(C)C. The fourth-order valence-corrected chi connectivity index (χ4v) is 3.79. The highest BCUT2D eigenvalue weighted by Gasteiger charge is 2.66. The number of hydrogen-bond donors (Lipinski definition) is 0. The molecule has 0 aromatic carbocycles. The highest BCUT2D eigenvalue weighted by Crippen LogP contribution is 2.54. The first-order chi connectivity index (χ1) is 12.1. The lowest BCUT2D eigenvalue weighted by Crippen LogP contribution is -2.51. The summed E-state index contributed by atoms with van der Waals surface area (Å²) in [6.45, 7) is 16.0. The van der Waals surface area contributed by atoms with Crippen LogP contribution < -0.4 is 0 Å². The molecule has 1 aliphatic carbocycles. The van der Waals surface area contributed by atoms with E-state index in [2.05, 4.69) is 0 Å². The van der Waals surface area contributed by atoms with Crippen LogP contribution in [-0.2, 0) is 23.8 Å². The first-order valence-corrected chi connectivity index (χ1v) is 9.45. The summed E-state index contributed by atoms with van der Waals surface area (Å²) in [5.74, 6) is -1.83. The highest BCUT2D eigenvalue weighted by atomic mass is 16.6. The van der Waals surface area contributed by atoms with Gasteiger partial charge in [0.15, 0.2) is 0 Å². The molecule has 0 radical (unpaired) electrons. The van der Waals surface area contributed by atoms with Crippen molar-refractivity contribution in [2.24, 2.45) is 17.8 Å². The number of ketones is 1. The van der Waals surface area contributed by atoms with E-state index in [1.165, 1.54) is 11.8 Å². The molecule has 2 rings (SSSR count). The summed E-state index contributed by atoms with van der Waals surface area (Å²) in [7, 11) is 0. The number of ether oxygens (including phenoxy) is 3. The molecule has 7 heteroatoms. The van der Waals surface area contributed by atoms with E-state index in [1.54, 1.807) is 55.4 Å². The monoisotopic (exact) mass is 383 g/mol. The number of hydrogen-bond acceptors (Lipinski definition) is 6. The van der Waals surface area contributed by atoms with Crippen molar-refractivity contribution in [2.45, 2.75) is 85.3 Å². The number of nitrogens with zero attached hydrogens (tertiary/aromatic N) is 1. The molecule has 7 nitrogen and oxygen atoms in total. The van der Waals surface area contributed by atoms with E-state index < -0.39 is 46.9 Å². The second kappa shape index (κ2) is 6.76. The molecular weight excluding hydrogens is 350 g/mol. The normalized spacial score (nSPS) is 30.0. The van der Waals surface area contributed by atoms with Crippen LogP contribution in [0.3, 0.4) is 0 Å². The molecule has 1 aliphatic heterocycles. The molecule has 2 fully saturated rings. The Morgan fingerprint density at radius 1 is 0.963 bits per heavy atom. The van der Waals surface area contributed by atoms with Gasteiger partial charge in [0.05, 0.1) is 18.6 Å². The third-order valence-corrected chi connectivity index (χ3v) is 4.78. The van der Waals surface area contributed by atoms with Gasteiger partial charge in [-0.3, -0.25) is 14.5 Å². The molecule has 0 unspecified atom stereocenters. The van der Waals surface area contributed by atoms with Gasteiger partial charge < -0.3 is 14.2 Å². The van der Waals surface area contributed by atoms with Gasteiger partial charge in [-0.25, -0.2) is 4.79 Å². The lowest BCUT2D eigenvalue weighted by molar-refractivity contribution is -0.157. The van der Waals surface area contributed by atoms with Crippen molar-refractivity contribution in [3.8, 4) is 0 Å². The van der Waals surface area contributed by atoms with Crippen molar-refractivity contribution < 1.29 is 28.6 Å². The molecule has 154 valence electrons. The fraction of sp³-hybridized carbons (Fsp3) is 0.850. The summed E-state index contributed by atoms with van der Waals surface area (Å²) in [6, 6.07) is -0.415. The first kappa shape index (κ1) is 21.7. The lowest BCUT2D eigenvalue weighted by atomic mass is 10.1. The fourth-order valence-electron chi connectivity index (χ4n) is 3.79. The molecule has 0 aromatic rings. The van der Waals surface area contributed by atoms with E-state index in [9.17, 15) is 14.4 Å². The molecule has 4 atom stereocenters. The third-order valence-electron chi connectivity index (χ3n) is 4.78. The smallest absolute Gasteiger partial charge is 0.412 e. The van der Waals surface area contributed by atoms with Crippen LogP contribution in [0.2, 0.25) is 0 Å². The average molecular weight is 383 g/mol. The highest BCUT2D eigenvalue weighted by molar-refractivity contribution is 5.91. The maximum Gasteiger partial charge on any atom is 0.412 e. The van der Waals surface area contributed by atoms with Crippen LogP contribution in [0.4, 0.5) is 4.79 Å². The average Bonchev–Trinajstić information content (AvgIpc) is 3.07. The zero-order valence-electron chi connectivity index (χ0n) is 17.9. The predicted molar refractivity (Wildman–Crippen MR) is 98.9 cm³/mol. The van der Waals surface area contributed by atoms with Crippen molar-refractivity contribution in [3.63, 3.8) is 0 Å². The molecular formula is C20H33NO6. The van der Waals surface area contributed by atoms with Crippen LogP contribution in [0.1, 0.15) is 62.3 Å². The molecule has 0 bridgehead atoms. The van der Waals surface area contributed by atoms with Gasteiger partial charge in [0, 0.05) is 11.8 Å². The molecule has 0 aromatic heterocycles. The van der Waals surface area contributed by atoms with Crippen molar-refractivity contribution in [2.75, 3.05) is 6.61 Å². The Morgan fingerprint density at radius 2 is 1.48 bits per heavy atom. The van der Waals surface area contributed by atoms with Crippen LogP contribution >= 0.6 is 0 Å². The van der Waals surface area contributed by atoms with Gasteiger partial charge in [0.2, 0.25) is 0 Å². The molecule has 2 aliphatic rings. The van der Waals surface area contributed by atoms with Crippen molar-refractivity contribution in [1.82, 2.24) is 4.90 Å². The number of rotatable bonds is 3. The van der Waals surface area contributed by atoms with Gasteiger partial charge in [0.25, 0.3) is 0 Å². The maximum absolute atomic E-state index is 12.8. The predicted octanol–water partition coefficient (Wildman–Crippen LogP) is 3.15. The van der Waals surface area contributed by atoms with E-state index >= 15 is 0 Å². The Morgan fingerprint density at radius 3 is 1.93 bits per heavy atom. The van der Waals surface area contributed by atoms with Crippen LogP contribution in [0, 0.1) is 17.8 Å². The second-order valence-corrected chi connectivity index (χ2v) is 9.95. The second-order valence-electron chi connectivity index (χ2n) is 9.95. The van der Waals surface area contributed by atoms with Gasteiger partial charge in [-0.2, -0.15) is 0 Å². The zero-order chi connectivity index (χ0) is 20.9. The largest absolute Gasteiger partial charge is 0.460 e. The molecule has 0 N–H and O–H groups in total. The molecule has 1 heterocycles. The van der Waals surface area contributed by atoms with Crippen LogP contribution in [0.25, 0.3) is 0 Å². The van der Waals surface area contributed by atoms with Gasteiger partial charge in [-0.15, -0.1) is 0 Å². The van der Waals surface area contributed by atoms with Gasteiger partial charge >= 0.3 is 12.1 Å². The van der Waals surface area contributed by atoms with Crippen molar-refractivity contribution in [3.05, 3.63) is 0 Å². The molecule has 27 heavy (non-hydrogen) atoms. The zero-order valence-corrected chi connectivity index (χ0v) is 17.9. The van der Waals surface area contributed by atoms with Gasteiger partial charge in [0.1, 0.15) is 22.7 Å². The molecule has 1 amide bonds. The standard InChI is InChI=1S/C20H33NO6/c1-11(22)13-14(15(13)16(23)26-18(2,3)4)12-10-25-20(8,9)21(12)17(24)27-19(5,6)7/h12-15H,10H2,1-9H3/t12-,13+,14+,15-/m0/s1. The summed E-state index contributed by atoms with van der Waals surface area (Å²) in [6.07, 6.45) is -0.507. The third kappa shape index (κ3) is 4.81. The van der Waals surface area contributed by atoms with Crippen molar-refractivity contribution >= 4 is 17.8 Å². The number of Topliss-reactive ketones (excluding diaryl/α,β-unsaturated/α-hetero) is 1. The minimum absolute atomic E-state index is 0.0790. The number of carbonyl (C=O) groups excluding carboxylic acids is 3. The Labute approximate surface area is 161 Å². The van der Waals surface area contributed by atoms with E-state index in [-0.39, 0.29) is 18.3 Å². The quantitative estimate of drug-likeness (QED) is 0.696. The lowest BCUT2D eigenvalue weighted by Gasteiger charge is -2.35. The van der Waals surface area contributed by atoms with Crippen LogP contribution in [0.15, 0.2) is 0 Å². The molecule has 1 saturated carbocycles. The van der Waals surface area contributed by atoms with Crippen LogP contribution in [0.5, 0.6) is 0 Å². The van der Waals surface area contributed by atoms with E-state index in [1.807, 2.05) is 0 Å². The van der Waals surface area contributed by atoms with Crippen molar-refractivity contribution in [1.29, 1.82) is 0 Å². The minimum atomic E-state index is -0.880. The Balaban J connectivity index is 2.26. The van der Waals surface area contributed by atoms with Gasteiger partial charge in [-0.1, -0.05) is 0 Å². The Kier molecular flexibility index (Phi) is 5.43. The molecule has 0 spiro atoms. The number of amides is 1. The van der Waals surface area contributed by atoms with E-state index in [0.717, 1.165) is 0 Å². The minimum Gasteiger partial charge on any atom is -0.460 e. The molecule has 1 saturated heterocycles. The van der Waals surface area contributed by atoms with E-state index in [4.69, 9.17) is 14.2 Å². The summed E-state index contributed by atoms with van der Waals surface area (Å²) in [5, 5.41) is 0. The number of esters is 1. The first-order valence-electron chi connectivity index (χ1n) is 9.45. The number of carbonyl (C=O) groups is 3. The summed E-state index contributed by atoms with van der Waals surface area (Å²) in [4.78, 5) is 39.1. The van der Waals surface area contributed by atoms with Crippen LogP contribution in [-0.4, -0.2) is 52.3 Å². The van der Waals surface area contributed by atoms with Gasteiger partial charge in [-0.05, 0) is 62.3 Å². The van der Waals surface area contributed by atoms with E-state index in [0.29, 0.717) is 0 Å². The summed E-state index contributed by atoms with van der Waals surface area (Å²) in [5.41, 5.74) is -2.17. The summed E-state index contributed by atoms with van der Waals surface area (Å²) >= 11 is 0. The summed E-state index contributed by atoms with van der Waals surface area (Å²) < 4.78 is 16.9. The Hall–Kier alpha value is -1.63. The maximum atomic E-state index is 12.8. The topological polar surface area (TPSA) is 82.1 Å².